The summed E-state index contributed by atoms with van der Waals surface area (Å²) in [6.07, 6.45) is -0.794. The first kappa shape index (κ1) is 15.5. The predicted octanol–water partition coefficient (Wildman–Crippen LogP) is 2.61. The fourth-order valence-electron chi connectivity index (χ4n) is 1.82. The van der Waals surface area contributed by atoms with E-state index in [1.165, 1.54) is 18.2 Å². The van der Waals surface area contributed by atoms with E-state index >= 15 is 0 Å². The van der Waals surface area contributed by atoms with Gasteiger partial charge in [-0.05, 0) is 32.9 Å². The lowest BCUT2D eigenvalue weighted by atomic mass is 10.2. The van der Waals surface area contributed by atoms with E-state index in [1.54, 1.807) is 26.8 Å². The number of nitrogens with zero attached hydrogens (tertiary/aromatic N) is 2. The third-order valence-corrected chi connectivity index (χ3v) is 2.93. The Morgan fingerprint density at radius 3 is 2.68 bits per heavy atom. The van der Waals surface area contributed by atoms with E-state index < -0.39 is 16.9 Å². The first-order valence-corrected chi connectivity index (χ1v) is 6.52. The molecule has 1 atom stereocenters. The molecular weight excluding hydrogens is 290 g/mol. The Hall–Kier alpha value is -2.90. The van der Waals surface area contributed by atoms with Crippen molar-refractivity contribution >= 4 is 17.4 Å². The van der Waals surface area contributed by atoms with E-state index in [4.69, 9.17) is 9.26 Å². The highest BCUT2D eigenvalue weighted by molar-refractivity contribution is 5.93. The van der Waals surface area contributed by atoms with Crippen molar-refractivity contribution in [3.63, 3.8) is 0 Å². The van der Waals surface area contributed by atoms with Crippen LogP contribution < -0.4 is 10.1 Å². The monoisotopic (exact) mass is 305 g/mol. The fourth-order valence-corrected chi connectivity index (χ4v) is 1.82. The predicted molar refractivity (Wildman–Crippen MR) is 77.8 cm³/mol. The molecule has 1 N–H and O–H groups in total. The molecule has 1 aromatic carbocycles. The minimum Gasteiger partial charge on any atom is -0.481 e. The van der Waals surface area contributed by atoms with Crippen LogP contribution >= 0.6 is 0 Å². The number of aromatic nitrogens is 1. The van der Waals surface area contributed by atoms with Gasteiger partial charge in [0.05, 0.1) is 4.92 Å². The SMILES string of the molecule is Cc1cc(NC(=O)[C@@H](C)Oc2ccc([N+](=O)[O-])c(C)c2)no1. The molecule has 0 fully saturated rings. The van der Waals surface area contributed by atoms with Crippen molar-refractivity contribution in [1.29, 1.82) is 0 Å². The molecule has 0 saturated heterocycles. The van der Waals surface area contributed by atoms with Crippen molar-refractivity contribution in [2.45, 2.75) is 26.9 Å². The second-order valence-corrected chi connectivity index (χ2v) is 4.78. The van der Waals surface area contributed by atoms with E-state index in [-0.39, 0.29) is 5.69 Å². The average Bonchev–Trinajstić information content (AvgIpc) is 2.83. The quantitative estimate of drug-likeness (QED) is 0.672. The van der Waals surface area contributed by atoms with Crippen molar-refractivity contribution in [3.8, 4) is 5.75 Å². The summed E-state index contributed by atoms with van der Waals surface area (Å²) in [5.41, 5.74) is 0.463. The highest BCUT2D eigenvalue weighted by Crippen LogP contribution is 2.23. The van der Waals surface area contributed by atoms with Crippen LogP contribution in [0.25, 0.3) is 0 Å². The van der Waals surface area contributed by atoms with Crippen LogP contribution in [0.4, 0.5) is 11.5 Å². The van der Waals surface area contributed by atoms with Crippen molar-refractivity contribution in [2.75, 3.05) is 5.32 Å². The summed E-state index contributed by atoms with van der Waals surface area (Å²) in [5, 5.41) is 17.0. The first-order valence-electron chi connectivity index (χ1n) is 6.52. The minimum absolute atomic E-state index is 0.00234. The molecule has 1 heterocycles. The molecule has 8 nitrogen and oxygen atoms in total. The van der Waals surface area contributed by atoms with Gasteiger partial charge in [0.25, 0.3) is 11.6 Å². The van der Waals surface area contributed by atoms with Crippen LogP contribution in [0.5, 0.6) is 5.75 Å². The van der Waals surface area contributed by atoms with Gasteiger partial charge in [-0.25, -0.2) is 0 Å². The number of nitrogens with one attached hydrogen (secondary N) is 1. The number of hydrogen-bond donors (Lipinski definition) is 1. The van der Waals surface area contributed by atoms with Crippen LogP contribution in [0.2, 0.25) is 0 Å². The number of carbonyl (C=O) groups is 1. The van der Waals surface area contributed by atoms with Crippen LogP contribution in [-0.2, 0) is 4.79 Å². The van der Waals surface area contributed by atoms with Gasteiger partial charge in [0, 0.05) is 17.7 Å². The molecule has 0 saturated carbocycles. The molecule has 2 aromatic rings. The molecule has 8 heteroatoms. The van der Waals surface area contributed by atoms with Gasteiger partial charge in [0.1, 0.15) is 11.5 Å². The number of amides is 1. The normalized spacial score (nSPS) is 11.8. The summed E-state index contributed by atoms with van der Waals surface area (Å²) in [7, 11) is 0. The maximum Gasteiger partial charge on any atom is 0.272 e. The van der Waals surface area contributed by atoms with Gasteiger partial charge >= 0.3 is 0 Å². The molecule has 0 aliphatic heterocycles. The average molecular weight is 305 g/mol. The highest BCUT2D eigenvalue weighted by atomic mass is 16.6. The topological polar surface area (TPSA) is 108 Å². The number of hydrogen-bond acceptors (Lipinski definition) is 6. The number of nitro groups is 1. The van der Waals surface area contributed by atoms with Crippen LogP contribution in [0.3, 0.4) is 0 Å². The van der Waals surface area contributed by atoms with Crippen molar-refractivity contribution in [2.24, 2.45) is 0 Å². The maximum atomic E-state index is 12.0. The van der Waals surface area contributed by atoms with Gasteiger partial charge in [-0.3, -0.25) is 14.9 Å². The van der Waals surface area contributed by atoms with Crippen molar-refractivity contribution in [1.82, 2.24) is 5.16 Å². The van der Waals surface area contributed by atoms with Crippen LogP contribution in [-0.4, -0.2) is 22.1 Å². The summed E-state index contributed by atoms with van der Waals surface area (Å²) < 4.78 is 10.3. The third kappa shape index (κ3) is 3.60. The number of ether oxygens (including phenoxy) is 1. The van der Waals surface area contributed by atoms with Gasteiger partial charge in [-0.15, -0.1) is 0 Å². The summed E-state index contributed by atoms with van der Waals surface area (Å²) in [6, 6.07) is 5.90. The fraction of sp³-hybridized carbons (Fsp3) is 0.286. The standard InChI is InChI=1S/C14H15N3O5/c1-8-6-11(4-5-12(8)17(19)20)21-10(3)14(18)15-13-7-9(2)22-16-13/h4-7,10H,1-3H3,(H,15,16,18)/t10-/m1/s1. The van der Waals surface area contributed by atoms with Gasteiger partial charge < -0.3 is 14.6 Å². The molecule has 0 aliphatic rings. The zero-order valence-electron chi connectivity index (χ0n) is 12.3. The Balaban J connectivity index is 2.02. The Morgan fingerprint density at radius 2 is 2.14 bits per heavy atom. The number of nitro benzene ring substituents is 1. The Morgan fingerprint density at radius 1 is 1.41 bits per heavy atom. The van der Waals surface area contributed by atoms with Gasteiger partial charge in [0.15, 0.2) is 11.9 Å². The number of benzene rings is 1. The molecule has 1 amide bonds. The molecule has 0 unspecified atom stereocenters. The van der Waals surface area contributed by atoms with Crippen LogP contribution in [0.1, 0.15) is 18.2 Å². The molecule has 0 aliphatic carbocycles. The molecular formula is C14H15N3O5. The molecule has 2 rings (SSSR count). The molecule has 1 aromatic heterocycles. The third-order valence-electron chi connectivity index (χ3n) is 2.93. The number of aryl methyl sites for hydroxylation is 2. The lowest BCUT2D eigenvalue weighted by Crippen LogP contribution is -2.30. The zero-order chi connectivity index (χ0) is 16.3. The first-order chi connectivity index (χ1) is 10.4. The zero-order valence-corrected chi connectivity index (χ0v) is 12.3. The van der Waals surface area contributed by atoms with Crippen molar-refractivity contribution in [3.05, 3.63) is 45.7 Å². The summed E-state index contributed by atoms with van der Waals surface area (Å²) in [5.74, 6) is 0.860. The van der Waals surface area contributed by atoms with E-state index in [0.29, 0.717) is 22.9 Å². The van der Waals surface area contributed by atoms with Crippen LogP contribution in [0.15, 0.2) is 28.8 Å². The molecule has 0 bridgehead atoms. The van der Waals surface area contributed by atoms with Gasteiger partial charge in [0.2, 0.25) is 0 Å². The molecule has 116 valence electrons. The number of anilines is 1. The van der Waals surface area contributed by atoms with Gasteiger partial charge in [-0.1, -0.05) is 5.16 Å². The van der Waals surface area contributed by atoms with Gasteiger partial charge in [-0.2, -0.15) is 0 Å². The molecule has 0 radical (unpaired) electrons. The van der Waals surface area contributed by atoms with E-state index in [1.807, 2.05) is 0 Å². The smallest absolute Gasteiger partial charge is 0.272 e. The second kappa shape index (κ2) is 6.25. The summed E-state index contributed by atoms with van der Waals surface area (Å²) in [6.45, 7) is 4.88. The Kier molecular flexibility index (Phi) is 4.40. The highest BCUT2D eigenvalue weighted by Gasteiger charge is 2.18. The number of rotatable bonds is 5. The Bertz CT molecular complexity index is 710. The second-order valence-electron chi connectivity index (χ2n) is 4.78. The minimum atomic E-state index is -0.794. The Labute approximate surface area is 126 Å². The van der Waals surface area contributed by atoms with Crippen molar-refractivity contribution < 1.29 is 19.0 Å². The van der Waals surface area contributed by atoms with Crippen LogP contribution in [0, 0.1) is 24.0 Å². The molecule has 22 heavy (non-hydrogen) atoms. The largest absolute Gasteiger partial charge is 0.481 e. The lowest BCUT2D eigenvalue weighted by Gasteiger charge is -2.14. The summed E-state index contributed by atoms with van der Waals surface area (Å²) in [4.78, 5) is 22.2. The number of carbonyl (C=O) groups excluding carboxylic acids is 1. The van der Waals surface area contributed by atoms with E-state index in [0.717, 1.165) is 0 Å². The molecule has 0 spiro atoms. The lowest BCUT2D eigenvalue weighted by molar-refractivity contribution is -0.385. The van der Waals surface area contributed by atoms with E-state index in [2.05, 4.69) is 10.5 Å². The van der Waals surface area contributed by atoms with E-state index in [9.17, 15) is 14.9 Å². The summed E-state index contributed by atoms with van der Waals surface area (Å²) >= 11 is 0. The maximum absolute atomic E-state index is 12.0.